The second-order valence-electron chi connectivity index (χ2n) is 6.51. The summed E-state index contributed by atoms with van der Waals surface area (Å²) in [6, 6.07) is 14.7. The first kappa shape index (κ1) is 15.6. The lowest BCUT2D eigenvalue weighted by Gasteiger charge is -2.19. The van der Waals surface area contributed by atoms with Crippen LogP contribution < -0.4 is 10.1 Å². The number of aryl methyl sites for hydroxylation is 1. The molecule has 0 aliphatic carbocycles. The second kappa shape index (κ2) is 6.31. The molecule has 0 aliphatic heterocycles. The Morgan fingerprint density at radius 2 is 1.67 bits per heavy atom. The Morgan fingerprint density at radius 1 is 1.00 bits per heavy atom. The first-order valence-electron chi connectivity index (χ1n) is 7.42. The number of nitrogens with one attached hydrogen (secondary N) is 1. The van der Waals surface area contributed by atoms with Gasteiger partial charge in [-0.3, -0.25) is 0 Å². The fourth-order valence-electron chi connectivity index (χ4n) is 2.29. The van der Waals surface area contributed by atoms with E-state index in [1.165, 1.54) is 11.1 Å². The highest BCUT2D eigenvalue weighted by Gasteiger charge is 2.13. The third kappa shape index (κ3) is 4.08. The predicted octanol–water partition coefficient (Wildman–Crippen LogP) is 4.80. The molecule has 2 rings (SSSR count). The van der Waals surface area contributed by atoms with Gasteiger partial charge in [0.25, 0.3) is 0 Å². The summed E-state index contributed by atoms with van der Waals surface area (Å²) in [5, 5.41) is 3.16. The summed E-state index contributed by atoms with van der Waals surface area (Å²) < 4.78 is 5.99. The van der Waals surface area contributed by atoms with Crippen LogP contribution in [0.2, 0.25) is 0 Å². The standard InChI is InChI=1S/C19H25NO/c1-14-12-15(13-20-5)6-11-18(14)21-17-9-7-16(8-10-17)19(2,3)4/h6-12,20H,13H2,1-5H3. The first-order chi connectivity index (χ1) is 9.90. The van der Waals surface area contributed by atoms with Crippen LogP contribution in [0.15, 0.2) is 42.5 Å². The van der Waals surface area contributed by atoms with Crippen LogP contribution in [0.3, 0.4) is 0 Å². The Hall–Kier alpha value is -1.80. The number of benzene rings is 2. The van der Waals surface area contributed by atoms with E-state index < -0.39 is 0 Å². The fraction of sp³-hybridized carbons (Fsp3) is 0.368. The maximum absolute atomic E-state index is 5.99. The van der Waals surface area contributed by atoms with Crippen LogP contribution in [-0.2, 0) is 12.0 Å². The van der Waals surface area contributed by atoms with Gasteiger partial charge in [-0.1, -0.05) is 45.0 Å². The van der Waals surface area contributed by atoms with E-state index in [2.05, 4.69) is 57.3 Å². The Morgan fingerprint density at radius 3 is 2.19 bits per heavy atom. The lowest BCUT2D eigenvalue weighted by atomic mass is 9.87. The molecule has 0 fully saturated rings. The van der Waals surface area contributed by atoms with Crippen molar-refractivity contribution in [3.8, 4) is 11.5 Å². The largest absolute Gasteiger partial charge is 0.457 e. The van der Waals surface area contributed by atoms with E-state index >= 15 is 0 Å². The number of ether oxygens (including phenoxy) is 1. The summed E-state index contributed by atoms with van der Waals surface area (Å²) >= 11 is 0. The molecule has 2 aromatic rings. The number of hydrogen-bond donors (Lipinski definition) is 1. The van der Waals surface area contributed by atoms with Gasteiger partial charge in [0.05, 0.1) is 0 Å². The van der Waals surface area contributed by atoms with E-state index in [4.69, 9.17) is 4.74 Å². The molecule has 0 spiro atoms. The molecule has 1 N–H and O–H groups in total. The normalized spacial score (nSPS) is 11.5. The molecule has 0 aliphatic rings. The summed E-state index contributed by atoms with van der Waals surface area (Å²) in [6.45, 7) is 9.61. The van der Waals surface area contributed by atoms with Gasteiger partial charge in [-0.2, -0.15) is 0 Å². The molecule has 0 amide bonds. The van der Waals surface area contributed by atoms with E-state index in [1.807, 2.05) is 25.2 Å². The van der Waals surface area contributed by atoms with Crippen LogP contribution in [0, 0.1) is 6.92 Å². The van der Waals surface area contributed by atoms with E-state index in [0.29, 0.717) is 0 Å². The van der Waals surface area contributed by atoms with Crippen molar-refractivity contribution in [3.63, 3.8) is 0 Å². The van der Waals surface area contributed by atoms with Gasteiger partial charge in [0.15, 0.2) is 0 Å². The molecular weight excluding hydrogens is 258 g/mol. The molecule has 0 atom stereocenters. The van der Waals surface area contributed by atoms with Crippen molar-refractivity contribution in [2.45, 2.75) is 39.7 Å². The van der Waals surface area contributed by atoms with Crippen LogP contribution in [-0.4, -0.2) is 7.05 Å². The zero-order valence-corrected chi connectivity index (χ0v) is 13.7. The highest BCUT2D eigenvalue weighted by Crippen LogP contribution is 2.28. The maximum atomic E-state index is 5.99. The van der Waals surface area contributed by atoms with Gasteiger partial charge in [-0.25, -0.2) is 0 Å². The average molecular weight is 283 g/mol. The van der Waals surface area contributed by atoms with Crippen LogP contribution in [0.4, 0.5) is 0 Å². The van der Waals surface area contributed by atoms with Crippen molar-refractivity contribution < 1.29 is 4.74 Å². The van der Waals surface area contributed by atoms with Crippen molar-refractivity contribution in [2.75, 3.05) is 7.05 Å². The van der Waals surface area contributed by atoms with E-state index in [9.17, 15) is 0 Å². The SMILES string of the molecule is CNCc1ccc(Oc2ccc(C(C)(C)C)cc2)c(C)c1. The molecular formula is C19H25NO. The second-order valence-corrected chi connectivity index (χ2v) is 6.51. The molecule has 0 unspecified atom stereocenters. The monoisotopic (exact) mass is 283 g/mol. The van der Waals surface area contributed by atoms with Gasteiger partial charge in [0, 0.05) is 6.54 Å². The van der Waals surface area contributed by atoms with Gasteiger partial charge in [0.1, 0.15) is 11.5 Å². The van der Waals surface area contributed by atoms with Crippen molar-refractivity contribution in [1.29, 1.82) is 0 Å². The van der Waals surface area contributed by atoms with Crippen LogP contribution in [0.5, 0.6) is 11.5 Å². The predicted molar refractivity (Wildman–Crippen MR) is 89.2 cm³/mol. The quantitative estimate of drug-likeness (QED) is 0.870. The molecule has 2 heteroatoms. The molecule has 0 heterocycles. The molecule has 21 heavy (non-hydrogen) atoms. The topological polar surface area (TPSA) is 21.3 Å². The van der Waals surface area contributed by atoms with E-state index in [1.54, 1.807) is 0 Å². The fourth-order valence-corrected chi connectivity index (χ4v) is 2.29. The Kier molecular flexibility index (Phi) is 4.69. The summed E-state index contributed by atoms with van der Waals surface area (Å²) in [4.78, 5) is 0. The lowest BCUT2D eigenvalue weighted by molar-refractivity contribution is 0.477. The van der Waals surface area contributed by atoms with Gasteiger partial charge >= 0.3 is 0 Å². The van der Waals surface area contributed by atoms with E-state index in [-0.39, 0.29) is 5.41 Å². The average Bonchev–Trinajstić information content (AvgIpc) is 2.42. The molecule has 0 bridgehead atoms. The van der Waals surface area contributed by atoms with Gasteiger partial charge < -0.3 is 10.1 Å². The molecule has 0 aromatic heterocycles. The highest BCUT2D eigenvalue weighted by molar-refractivity contribution is 5.40. The Labute approximate surface area is 128 Å². The summed E-state index contributed by atoms with van der Waals surface area (Å²) in [5.41, 5.74) is 3.91. The van der Waals surface area contributed by atoms with Crippen LogP contribution >= 0.6 is 0 Å². The molecule has 0 radical (unpaired) electrons. The third-order valence-corrected chi connectivity index (χ3v) is 3.57. The van der Waals surface area contributed by atoms with Crippen molar-refractivity contribution in [2.24, 2.45) is 0 Å². The van der Waals surface area contributed by atoms with Crippen LogP contribution in [0.25, 0.3) is 0 Å². The summed E-state index contributed by atoms with van der Waals surface area (Å²) in [6.07, 6.45) is 0. The first-order valence-corrected chi connectivity index (χ1v) is 7.42. The molecule has 0 saturated heterocycles. The third-order valence-electron chi connectivity index (χ3n) is 3.57. The zero-order chi connectivity index (χ0) is 15.5. The molecule has 2 aromatic carbocycles. The minimum atomic E-state index is 0.170. The lowest BCUT2D eigenvalue weighted by Crippen LogP contribution is -2.10. The molecule has 112 valence electrons. The van der Waals surface area contributed by atoms with Gasteiger partial charge in [0.2, 0.25) is 0 Å². The number of hydrogen-bond acceptors (Lipinski definition) is 2. The molecule has 2 nitrogen and oxygen atoms in total. The minimum absolute atomic E-state index is 0.170. The van der Waals surface area contributed by atoms with Crippen LogP contribution in [0.1, 0.15) is 37.5 Å². The Bertz CT molecular complexity index is 594. The van der Waals surface area contributed by atoms with Gasteiger partial charge in [-0.05, 0) is 54.3 Å². The highest BCUT2D eigenvalue weighted by atomic mass is 16.5. The van der Waals surface area contributed by atoms with Crippen molar-refractivity contribution >= 4 is 0 Å². The van der Waals surface area contributed by atoms with Crippen molar-refractivity contribution in [3.05, 3.63) is 59.2 Å². The van der Waals surface area contributed by atoms with E-state index in [0.717, 1.165) is 23.6 Å². The summed E-state index contributed by atoms with van der Waals surface area (Å²) in [7, 11) is 1.95. The number of rotatable bonds is 4. The zero-order valence-electron chi connectivity index (χ0n) is 13.7. The maximum Gasteiger partial charge on any atom is 0.130 e. The smallest absolute Gasteiger partial charge is 0.130 e. The van der Waals surface area contributed by atoms with Gasteiger partial charge in [-0.15, -0.1) is 0 Å². The minimum Gasteiger partial charge on any atom is -0.457 e. The Balaban J connectivity index is 2.15. The van der Waals surface area contributed by atoms with Crippen molar-refractivity contribution in [1.82, 2.24) is 5.32 Å². The molecule has 0 saturated carbocycles. The summed E-state index contributed by atoms with van der Waals surface area (Å²) in [5.74, 6) is 1.80.